The van der Waals surface area contributed by atoms with Crippen LogP contribution in [0.4, 0.5) is 0 Å². The van der Waals surface area contributed by atoms with Gasteiger partial charge in [-0.25, -0.2) is 0 Å². The molecule has 1 rings (SSSR count). The minimum Gasteiger partial charge on any atom is -0.352 e. The van der Waals surface area contributed by atoms with Gasteiger partial charge in [-0.1, -0.05) is 52.7 Å². The number of nitrogens with one attached hydrogen (secondary N) is 1. The Morgan fingerprint density at radius 1 is 1.11 bits per heavy atom. The van der Waals surface area contributed by atoms with E-state index in [0.29, 0.717) is 0 Å². The van der Waals surface area contributed by atoms with E-state index in [1.807, 2.05) is 24.3 Å². The highest BCUT2D eigenvalue weighted by Gasteiger charge is 2.13. The zero-order valence-electron chi connectivity index (χ0n) is 12.0. The molecule has 100 valence electrons. The fourth-order valence-corrected chi connectivity index (χ4v) is 1.80. The van der Waals surface area contributed by atoms with Gasteiger partial charge in [0.15, 0.2) is 0 Å². The summed E-state index contributed by atoms with van der Waals surface area (Å²) in [5, 5.41) is 2.95. The third-order valence-corrected chi connectivity index (χ3v) is 3.08. The molecule has 0 aliphatic carbocycles. The van der Waals surface area contributed by atoms with Crippen LogP contribution < -0.4 is 5.32 Å². The van der Waals surface area contributed by atoms with Gasteiger partial charge in [-0.3, -0.25) is 4.79 Å². The third-order valence-electron chi connectivity index (χ3n) is 3.08. The Labute approximate surface area is 111 Å². The molecule has 1 amide bonds. The summed E-state index contributed by atoms with van der Waals surface area (Å²) in [5.74, 6) is 0.0339. The number of unbranched alkanes of at least 4 members (excludes halogenated alkanes) is 2. The minimum atomic E-state index is 0.0339. The van der Waals surface area contributed by atoms with Crippen molar-refractivity contribution in [3.63, 3.8) is 0 Å². The second kappa shape index (κ2) is 6.58. The summed E-state index contributed by atoms with van der Waals surface area (Å²) in [6, 6.07) is 7.91. The van der Waals surface area contributed by atoms with E-state index >= 15 is 0 Å². The van der Waals surface area contributed by atoms with Crippen molar-refractivity contribution in [2.45, 2.75) is 52.4 Å². The van der Waals surface area contributed by atoms with Crippen LogP contribution in [-0.2, 0) is 5.41 Å². The molecule has 0 aromatic heterocycles. The molecule has 0 atom stereocenters. The van der Waals surface area contributed by atoms with Gasteiger partial charge in [-0.05, 0) is 29.5 Å². The van der Waals surface area contributed by atoms with Gasteiger partial charge >= 0.3 is 0 Å². The number of hydrogen-bond donors (Lipinski definition) is 1. The Bertz CT molecular complexity index is 373. The van der Waals surface area contributed by atoms with E-state index in [4.69, 9.17) is 0 Å². The molecule has 0 aliphatic rings. The van der Waals surface area contributed by atoms with Gasteiger partial charge in [0.25, 0.3) is 5.91 Å². The fraction of sp³-hybridized carbons (Fsp3) is 0.562. The average molecular weight is 247 g/mol. The van der Waals surface area contributed by atoms with Crippen molar-refractivity contribution in [2.24, 2.45) is 0 Å². The molecule has 1 aromatic rings. The van der Waals surface area contributed by atoms with E-state index in [9.17, 15) is 4.79 Å². The van der Waals surface area contributed by atoms with E-state index < -0.39 is 0 Å². The molecule has 0 saturated carbocycles. The van der Waals surface area contributed by atoms with Crippen LogP contribution in [0.25, 0.3) is 0 Å². The lowest BCUT2D eigenvalue weighted by Gasteiger charge is -2.19. The van der Waals surface area contributed by atoms with Gasteiger partial charge in [0, 0.05) is 12.1 Å². The van der Waals surface area contributed by atoms with Gasteiger partial charge < -0.3 is 5.32 Å². The lowest BCUT2D eigenvalue weighted by molar-refractivity contribution is 0.0953. The number of amides is 1. The zero-order chi connectivity index (χ0) is 13.6. The zero-order valence-corrected chi connectivity index (χ0v) is 12.0. The van der Waals surface area contributed by atoms with E-state index in [1.54, 1.807) is 0 Å². The molecule has 0 unspecified atom stereocenters. The summed E-state index contributed by atoms with van der Waals surface area (Å²) in [6.45, 7) is 9.45. The molecule has 0 fully saturated rings. The van der Waals surface area contributed by atoms with Gasteiger partial charge in [0.1, 0.15) is 0 Å². The maximum absolute atomic E-state index is 11.9. The summed E-state index contributed by atoms with van der Waals surface area (Å²) < 4.78 is 0. The Hall–Kier alpha value is -1.31. The number of benzene rings is 1. The second-order valence-corrected chi connectivity index (χ2v) is 5.79. The molecule has 2 nitrogen and oxygen atoms in total. The normalized spacial score (nSPS) is 11.3. The number of hydrogen-bond acceptors (Lipinski definition) is 1. The Balaban J connectivity index is 2.54. The van der Waals surface area contributed by atoms with Crippen molar-refractivity contribution in [3.05, 3.63) is 35.4 Å². The predicted molar refractivity (Wildman–Crippen MR) is 77.0 cm³/mol. The summed E-state index contributed by atoms with van der Waals surface area (Å²) in [6.07, 6.45) is 3.40. The standard InChI is InChI=1S/C16H25NO/c1-5-6-7-12-17-15(18)13-8-10-14(11-9-13)16(2,3)4/h8-11H,5-7,12H2,1-4H3,(H,17,18). The first-order chi connectivity index (χ1) is 8.45. The van der Waals surface area contributed by atoms with Crippen LogP contribution in [0, 0.1) is 0 Å². The first-order valence-electron chi connectivity index (χ1n) is 6.84. The highest BCUT2D eigenvalue weighted by molar-refractivity contribution is 5.94. The lowest BCUT2D eigenvalue weighted by Crippen LogP contribution is -2.24. The lowest BCUT2D eigenvalue weighted by atomic mass is 9.87. The molecule has 18 heavy (non-hydrogen) atoms. The molecule has 1 aromatic carbocycles. The van der Waals surface area contributed by atoms with Crippen molar-refractivity contribution in [1.82, 2.24) is 5.32 Å². The first kappa shape index (κ1) is 14.7. The van der Waals surface area contributed by atoms with Crippen LogP contribution in [-0.4, -0.2) is 12.5 Å². The molecular weight excluding hydrogens is 222 g/mol. The van der Waals surface area contributed by atoms with Gasteiger partial charge in [-0.15, -0.1) is 0 Å². The SMILES string of the molecule is CCCCCNC(=O)c1ccc(C(C)(C)C)cc1. The van der Waals surface area contributed by atoms with Crippen LogP contribution >= 0.6 is 0 Å². The highest BCUT2D eigenvalue weighted by atomic mass is 16.1. The third kappa shape index (κ3) is 4.52. The van der Waals surface area contributed by atoms with E-state index in [1.165, 1.54) is 18.4 Å². The van der Waals surface area contributed by atoms with Crippen molar-refractivity contribution < 1.29 is 4.79 Å². The topological polar surface area (TPSA) is 29.1 Å². The summed E-state index contributed by atoms with van der Waals surface area (Å²) in [5.41, 5.74) is 2.14. The van der Waals surface area contributed by atoms with Crippen molar-refractivity contribution in [3.8, 4) is 0 Å². The summed E-state index contributed by atoms with van der Waals surface area (Å²) >= 11 is 0. The van der Waals surface area contributed by atoms with Crippen molar-refractivity contribution in [2.75, 3.05) is 6.54 Å². The van der Waals surface area contributed by atoms with Crippen LogP contribution in [0.1, 0.15) is 62.9 Å². The van der Waals surface area contributed by atoms with Crippen molar-refractivity contribution >= 4 is 5.91 Å². The minimum absolute atomic E-state index is 0.0339. The second-order valence-electron chi connectivity index (χ2n) is 5.79. The van der Waals surface area contributed by atoms with Crippen molar-refractivity contribution in [1.29, 1.82) is 0 Å². The molecule has 2 heteroatoms. The average Bonchev–Trinajstić information content (AvgIpc) is 2.33. The quantitative estimate of drug-likeness (QED) is 0.785. The largest absolute Gasteiger partial charge is 0.352 e. The Morgan fingerprint density at radius 3 is 2.22 bits per heavy atom. The molecule has 0 bridgehead atoms. The number of rotatable bonds is 5. The van der Waals surface area contributed by atoms with E-state index in [-0.39, 0.29) is 11.3 Å². The van der Waals surface area contributed by atoms with Crippen LogP contribution in [0.15, 0.2) is 24.3 Å². The highest BCUT2D eigenvalue weighted by Crippen LogP contribution is 2.22. The molecule has 0 heterocycles. The maximum atomic E-state index is 11.9. The number of carbonyl (C=O) groups is 1. The Kier molecular flexibility index (Phi) is 5.39. The smallest absolute Gasteiger partial charge is 0.251 e. The predicted octanol–water partition coefficient (Wildman–Crippen LogP) is 3.90. The number of carbonyl (C=O) groups excluding carboxylic acids is 1. The van der Waals surface area contributed by atoms with Gasteiger partial charge in [0.05, 0.1) is 0 Å². The van der Waals surface area contributed by atoms with Gasteiger partial charge in [0.2, 0.25) is 0 Å². The summed E-state index contributed by atoms with van der Waals surface area (Å²) in [7, 11) is 0. The molecular formula is C16H25NO. The van der Waals surface area contributed by atoms with E-state index in [2.05, 4.69) is 33.0 Å². The Morgan fingerprint density at radius 2 is 1.72 bits per heavy atom. The van der Waals surface area contributed by atoms with Gasteiger partial charge in [-0.2, -0.15) is 0 Å². The molecule has 1 N–H and O–H groups in total. The molecule has 0 spiro atoms. The van der Waals surface area contributed by atoms with Crippen LogP contribution in [0.2, 0.25) is 0 Å². The van der Waals surface area contributed by atoms with Crippen LogP contribution in [0.3, 0.4) is 0 Å². The fourth-order valence-electron chi connectivity index (χ4n) is 1.80. The first-order valence-corrected chi connectivity index (χ1v) is 6.84. The summed E-state index contributed by atoms with van der Waals surface area (Å²) in [4.78, 5) is 11.9. The van der Waals surface area contributed by atoms with E-state index in [0.717, 1.165) is 18.5 Å². The molecule has 0 aliphatic heterocycles. The molecule has 0 radical (unpaired) electrons. The monoisotopic (exact) mass is 247 g/mol. The maximum Gasteiger partial charge on any atom is 0.251 e. The van der Waals surface area contributed by atoms with Crippen LogP contribution in [0.5, 0.6) is 0 Å². The molecule has 0 saturated heterocycles.